The van der Waals surface area contributed by atoms with E-state index in [2.05, 4.69) is 28.6 Å². The Morgan fingerprint density at radius 3 is 2.69 bits per heavy atom. The number of thiophene rings is 1. The Balaban J connectivity index is 1.73. The minimum Gasteiger partial charge on any atom is -0.355 e. The van der Waals surface area contributed by atoms with Gasteiger partial charge < -0.3 is 16.0 Å². The van der Waals surface area contributed by atoms with Gasteiger partial charge in [0.2, 0.25) is 0 Å². The number of alkyl halides is 2. The van der Waals surface area contributed by atoms with Crippen molar-refractivity contribution in [2.24, 2.45) is 10.9 Å². The van der Waals surface area contributed by atoms with Gasteiger partial charge in [0, 0.05) is 47.6 Å². The number of piperidine rings is 1. The topological polar surface area (TPSA) is 80.2 Å². The molecule has 5 N–H and O–H groups in total. The lowest BCUT2D eigenvalue weighted by molar-refractivity contribution is -0.0394. The first-order chi connectivity index (χ1) is 14.9. The van der Waals surface area contributed by atoms with Gasteiger partial charge in [-0.05, 0) is 24.3 Å². The van der Waals surface area contributed by atoms with Crippen LogP contribution in [0.3, 0.4) is 0 Å². The molecule has 1 unspecified atom stereocenters. The van der Waals surface area contributed by atoms with E-state index in [0.717, 1.165) is 9.90 Å². The van der Waals surface area contributed by atoms with Gasteiger partial charge in [-0.25, -0.2) is 18.2 Å². The summed E-state index contributed by atoms with van der Waals surface area (Å²) in [6.07, 6.45) is -0.390. The van der Waals surface area contributed by atoms with Gasteiger partial charge in [0.25, 0.3) is 5.92 Å². The molecule has 1 fully saturated rings. The molecule has 1 saturated heterocycles. The number of anilines is 2. The number of pyridine rings is 1. The highest BCUT2D eigenvalue weighted by Crippen LogP contribution is 2.37. The number of hydrogen-bond acceptors (Lipinski definition) is 6. The summed E-state index contributed by atoms with van der Waals surface area (Å²) in [5.74, 6) is 4.89. The van der Waals surface area contributed by atoms with E-state index in [9.17, 15) is 13.2 Å². The predicted octanol–water partition coefficient (Wildman–Crippen LogP) is 4.59. The van der Waals surface area contributed by atoms with E-state index in [-0.39, 0.29) is 13.1 Å². The Kier molecular flexibility index (Phi) is 5.74. The third-order valence-electron chi connectivity index (χ3n) is 5.33. The zero-order valence-electron chi connectivity index (χ0n) is 17.3. The van der Waals surface area contributed by atoms with Gasteiger partial charge in [-0.3, -0.25) is 5.14 Å². The minimum absolute atomic E-state index is 0.0689. The summed E-state index contributed by atoms with van der Waals surface area (Å²) in [5, 5.41) is 11.9. The zero-order chi connectivity index (χ0) is 23.3. The molecule has 4 rings (SSSR count). The van der Waals surface area contributed by atoms with E-state index < -0.39 is 33.6 Å². The number of aromatic nitrogens is 1. The van der Waals surface area contributed by atoms with Crippen LogP contribution in [0.15, 0.2) is 46.5 Å². The summed E-state index contributed by atoms with van der Waals surface area (Å²) in [5.41, 5.74) is 8.04. The summed E-state index contributed by atoms with van der Waals surface area (Å²) in [7, 11) is -1.85. The largest absolute Gasteiger partial charge is 0.355 e. The average molecular weight is 480 g/mol. The molecule has 5 nitrogen and oxygen atoms in total. The molecule has 0 radical (unpaired) electrons. The smallest absolute Gasteiger partial charge is 0.266 e. The lowest BCUT2D eigenvalue weighted by atomic mass is 10.0. The van der Waals surface area contributed by atoms with Gasteiger partial charge in [0.1, 0.15) is 11.6 Å². The van der Waals surface area contributed by atoms with Crippen molar-refractivity contribution in [2.75, 3.05) is 23.3 Å². The molecule has 0 amide bonds. The molecule has 0 aliphatic carbocycles. The molecular weight excluding hydrogens is 455 g/mol. The third-order valence-corrected chi connectivity index (χ3v) is 8.26. The predicted molar refractivity (Wildman–Crippen MR) is 133 cm³/mol. The normalized spacial score (nSPS) is 18.7. The van der Waals surface area contributed by atoms with Crippen LogP contribution in [0.5, 0.6) is 0 Å². The highest BCUT2D eigenvalue weighted by Gasteiger charge is 2.42. The zero-order valence-corrected chi connectivity index (χ0v) is 18.9. The molecule has 3 aromatic rings. The number of hydrogen-bond donors (Lipinski definition) is 3. The van der Waals surface area contributed by atoms with Crippen LogP contribution in [-0.2, 0) is 0 Å². The van der Waals surface area contributed by atoms with Crippen molar-refractivity contribution in [3.8, 4) is 0 Å². The lowest BCUT2D eigenvalue weighted by Crippen LogP contribution is -2.55. The van der Waals surface area contributed by atoms with Crippen LogP contribution in [-0.4, -0.2) is 41.8 Å². The fraction of sp³-hybridized carbons (Fsp3) is 0.227. The van der Waals surface area contributed by atoms with E-state index >= 15 is 0 Å². The number of nitrogens with one attached hydrogen (secondary N) is 1. The molecule has 0 saturated carbocycles. The molecule has 10 heteroatoms. The standard InChI is InChI=1S/C22H24F3N5S2/c1-13(28-16-10-20(31-12-16)32(2,3)27)17-8-14-4-5-15(23)9-18(14)29-21(17)30-7-6-22(24,25)19(26)11-30/h4-5,8-10,12,19,28H,1-3,6-7,11,26-27H2. The van der Waals surface area contributed by atoms with Gasteiger partial charge >= 0.3 is 0 Å². The van der Waals surface area contributed by atoms with Crippen molar-refractivity contribution in [1.82, 2.24) is 4.98 Å². The molecule has 0 bridgehead atoms. The second kappa shape index (κ2) is 8.11. The third kappa shape index (κ3) is 4.49. The van der Waals surface area contributed by atoms with E-state index in [1.165, 1.54) is 23.5 Å². The molecule has 1 aromatic carbocycles. The maximum atomic E-state index is 14.0. The summed E-state index contributed by atoms with van der Waals surface area (Å²) in [6.45, 7) is 4.13. The van der Waals surface area contributed by atoms with E-state index in [0.29, 0.717) is 28.0 Å². The maximum Gasteiger partial charge on any atom is 0.266 e. The first kappa shape index (κ1) is 22.7. The van der Waals surface area contributed by atoms with Crippen molar-refractivity contribution < 1.29 is 13.2 Å². The highest BCUT2D eigenvalue weighted by molar-refractivity contribution is 8.27. The minimum atomic E-state index is -2.94. The van der Waals surface area contributed by atoms with Crippen LogP contribution < -0.4 is 21.1 Å². The van der Waals surface area contributed by atoms with Gasteiger partial charge in [-0.15, -0.1) is 20.7 Å². The second-order valence-corrected chi connectivity index (χ2v) is 11.5. The first-order valence-electron chi connectivity index (χ1n) is 9.75. The van der Waals surface area contributed by atoms with Crippen LogP contribution in [0, 0.1) is 5.82 Å². The van der Waals surface area contributed by atoms with Crippen LogP contribution in [0.2, 0.25) is 0 Å². The molecule has 3 heterocycles. The van der Waals surface area contributed by atoms with Crippen molar-refractivity contribution in [1.29, 1.82) is 0 Å². The molecule has 2 aromatic heterocycles. The number of nitrogens with zero attached hydrogens (tertiary/aromatic N) is 2. The SMILES string of the molecule is C=C(Nc1csc(S(=C)(=C)N)c1)c1cc2ccc(F)cc2nc1N1CCC(F)(F)C(N)C1. The Hall–Kier alpha value is -2.53. The second-order valence-electron chi connectivity index (χ2n) is 7.96. The summed E-state index contributed by atoms with van der Waals surface area (Å²) in [6, 6.07) is 6.64. The van der Waals surface area contributed by atoms with Crippen molar-refractivity contribution in [2.45, 2.75) is 22.6 Å². The monoisotopic (exact) mass is 479 g/mol. The molecule has 1 aliphatic heterocycles. The molecule has 1 atom stereocenters. The lowest BCUT2D eigenvalue weighted by Gasteiger charge is -2.38. The molecule has 1 aliphatic rings. The quantitative estimate of drug-likeness (QED) is 0.467. The summed E-state index contributed by atoms with van der Waals surface area (Å²) < 4.78 is 42.6. The maximum absolute atomic E-state index is 14.0. The highest BCUT2D eigenvalue weighted by atomic mass is 32.2. The van der Waals surface area contributed by atoms with E-state index in [4.69, 9.17) is 10.9 Å². The Morgan fingerprint density at radius 1 is 1.28 bits per heavy atom. The number of halogens is 3. The van der Waals surface area contributed by atoms with Crippen LogP contribution in [0.4, 0.5) is 24.7 Å². The van der Waals surface area contributed by atoms with Gasteiger partial charge in [0.15, 0.2) is 0 Å². The number of benzene rings is 1. The molecular formula is C22H24F3N5S2. The summed E-state index contributed by atoms with van der Waals surface area (Å²) >= 11 is 1.45. The van der Waals surface area contributed by atoms with Gasteiger partial charge in [0.05, 0.1) is 21.5 Å². The van der Waals surface area contributed by atoms with Crippen molar-refractivity contribution >= 4 is 60.6 Å². The van der Waals surface area contributed by atoms with Crippen molar-refractivity contribution in [3.63, 3.8) is 0 Å². The number of nitrogens with two attached hydrogens (primary N) is 2. The molecule has 170 valence electrons. The van der Waals surface area contributed by atoms with Gasteiger partial charge in [-0.1, -0.05) is 18.3 Å². The Morgan fingerprint density at radius 2 is 2.03 bits per heavy atom. The molecule has 32 heavy (non-hydrogen) atoms. The van der Waals surface area contributed by atoms with Crippen LogP contribution in [0.25, 0.3) is 16.6 Å². The van der Waals surface area contributed by atoms with E-state index in [1.807, 2.05) is 17.5 Å². The Bertz CT molecular complexity index is 1300. The van der Waals surface area contributed by atoms with E-state index in [1.54, 1.807) is 11.0 Å². The number of fused-ring (bicyclic) bond motifs is 1. The van der Waals surface area contributed by atoms with Gasteiger partial charge in [-0.2, -0.15) is 0 Å². The fourth-order valence-corrected chi connectivity index (χ4v) is 5.39. The number of rotatable bonds is 5. The van der Waals surface area contributed by atoms with Crippen LogP contribution in [0.1, 0.15) is 12.0 Å². The van der Waals surface area contributed by atoms with Crippen LogP contribution >= 0.6 is 20.7 Å². The summed E-state index contributed by atoms with van der Waals surface area (Å²) in [4.78, 5) is 6.30. The van der Waals surface area contributed by atoms with Crippen molar-refractivity contribution in [3.05, 3.63) is 53.7 Å². The Labute approximate surface area is 189 Å². The first-order valence-corrected chi connectivity index (χ1v) is 12.7. The average Bonchev–Trinajstić information content (AvgIpc) is 3.18. The molecule has 0 spiro atoms. The fourth-order valence-electron chi connectivity index (χ4n) is 3.55.